The Morgan fingerprint density at radius 2 is 2.11 bits per heavy atom. The minimum atomic E-state index is -0.501. The molecule has 0 aliphatic carbocycles. The van der Waals surface area contributed by atoms with Crippen LogP contribution in [0.15, 0.2) is 0 Å². The van der Waals surface area contributed by atoms with Gasteiger partial charge in [0, 0.05) is 13.0 Å². The summed E-state index contributed by atoms with van der Waals surface area (Å²) in [4.78, 5) is 11.6. The normalized spacial score (nSPS) is 18.6. The molecule has 1 amide bonds. The van der Waals surface area contributed by atoms with Crippen molar-refractivity contribution < 1.29 is 4.79 Å². The second-order valence-electron chi connectivity index (χ2n) is 4.96. The van der Waals surface area contributed by atoms with Gasteiger partial charge in [-0.25, -0.2) is 0 Å². The van der Waals surface area contributed by atoms with Crippen molar-refractivity contribution in [3.8, 4) is 0 Å². The Bertz CT molecular complexity index is 426. The van der Waals surface area contributed by atoms with Crippen molar-refractivity contribution in [1.29, 1.82) is 0 Å². The van der Waals surface area contributed by atoms with E-state index in [1.165, 1.54) is 12.8 Å². The van der Waals surface area contributed by atoms with Crippen LogP contribution in [0.2, 0.25) is 0 Å². The molecule has 100 valence electrons. The van der Waals surface area contributed by atoms with Gasteiger partial charge in [-0.05, 0) is 26.7 Å². The lowest BCUT2D eigenvalue weighted by Gasteiger charge is -2.16. The number of fused-ring (bicyclic) bond motifs is 1. The molecule has 1 aromatic heterocycles. The smallest absolute Gasteiger partial charge is 0.237 e. The molecule has 0 radical (unpaired) electrons. The van der Waals surface area contributed by atoms with Crippen molar-refractivity contribution in [2.24, 2.45) is 5.73 Å². The summed E-state index contributed by atoms with van der Waals surface area (Å²) in [6, 6.07) is -0.651. The number of rotatable bonds is 3. The summed E-state index contributed by atoms with van der Waals surface area (Å²) in [6.07, 6.45) is 4.51. The van der Waals surface area contributed by atoms with Crippen LogP contribution in [0.1, 0.15) is 50.8 Å². The average molecular weight is 251 g/mol. The number of carbonyl (C=O) groups excluding carboxylic acids is 1. The fourth-order valence-electron chi connectivity index (χ4n) is 2.24. The molecule has 1 aliphatic rings. The molecular formula is C12H21N5O. The van der Waals surface area contributed by atoms with Gasteiger partial charge in [-0.1, -0.05) is 6.42 Å². The van der Waals surface area contributed by atoms with Gasteiger partial charge in [0.1, 0.15) is 5.82 Å². The molecular weight excluding hydrogens is 230 g/mol. The van der Waals surface area contributed by atoms with Crippen LogP contribution in [0, 0.1) is 0 Å². The molecule has 0 aromatic carbocycles. The summed E-state index contributed by atoms with van der Waals surface area (Å²) in [5.41, 5.74) is 5.55. The van der Waals surface area contributed by atoms with E-state index in [0.717, 1.165) is 31.0 Å². The van der Waals surface area contributed by atoms with Gasteiger partial charge in [-0.2, -0.15) is 0 Å². The summed E-state index contributed by atoms with van der Waals surface area (Å²) in [5, 5.41) is 11.3. The summed E-state index contributed by atoms with van der Waals surface area (Å²) in [5.74, 6) is 1.71. The molecule has 6 nitrogen and oxygen atoms in total. The van der Waals surface area contributed by atoms with Gasteiger partial charge in [-0.3, -0.25) is 4.79 Å². The summed E-state index contributed by atoms with van der Waals surface area (Å²) >= 11 is 0. The van der Waals surface area contributed by atoms with E-state index >= 15 is 0 Å². The van der Waals surface area contributed by atoms with E-state index in [-0.39, 0.29) is 11.9 Å². The first kappa shape index (κ1) is 13.0. The van der Waals surface area contributed by atoms with E-state index < -0.39 is 6.04 Å². The SMILES string of the molecule is CC(NC(=O)[C@@H](C)N)c1nnc2n1CCCCC2. The van der Waals surface area contributed by atoms with Crippen LogP contribution in [0.25, 0.3) is 0 Å². The maximum absolute atomic E-state index is 11.6. The molecule has 0 saturated heterocycles. The minimum absolute atomic E-state index is 0.150. The van der Waals surface area contributed by atoms with Crippen molar-refractivity contribution in [3.63, 3.8) is 0 Å². The van der Waals surface area contributed by atoms with Crippen molar-refractivity contribution in [3.05, 3.63) is 11.6 Å². The average Bonchev–Trinajstić information content (AvgIpc) is 2.58. The highest BCUT2D eigenvalue weighted by Gasteiger charge is 2.21. The number of aromatic nitrogens is 3. The number of hydrogen-bond acceptors (Lipinski definition) is 4. The molecule has 0 saturated carbocycles. The highest BCUT2D eigenvalue weighted by molar-refractivity contribution is 5.81. The lowest BCUT2D eigenvalue weighted by molar-refractivity contribution is -0.122. The Kier molecular flexibility index (Phi) is 3.96. The molecule has 6 heteroatoms. The maximum Gasteiger partial charge on any atom is 0.237 e. The van der Waals surface area contributed by atoms with Gasteiger partial charge in [0.05, 0.1) is 12.1 Å². The molecule has 2 rings (SSSR count). The quantitative estimate of drug-likeness (QED) is 0.820. The van der Waals surface area contributed by atoms with Crippen LogP contribution < -0.4 is 11.1 Å². The second-order valence-corrected chi connectivity index (χ2v) is 4.96. The standard InChI is InChI=1S/C12H21N5O/c1-8(13)12(18)14-9(2)11-16-15-10-6-4-3-5-7-17(10)11/h8-9H,3-7,13H2,1-2H3,(H,14,18)/t8-,9?/m1/s1. The third-order valence-electron chi connectivity index (χ3n) is 3.30. The summed E-state index contributed by atoms with van der Waals surface area (Å²) < 4.78 is 2.14. The molecule has 0 spiro atoms. The zero-order valence-electron chi connectivity index (χ0n) is 11.0. The molecule has 1 aromatic rings. The molecule has 1 unspecified atom stereocenters. The molecule has 0 bridgehead atoms. The number of nitrogens with zero attached hydrogens (tertiary/aromatic N) is 3. The van der Waals surface area contributed by atoms with E-state index in [9.17, 15) is 4.79 Å². The van der Waals surface area contributed by atoms with Crippen molar-refractivity contribution >= 4 is 5.91 Å². The molecule has 3 N–H and O–H groups in total. The Hall–Kier alpha value is -1.43. The van der Waals surface area contributed by atoms with Crippen molar-refractivity contribution in [1.82, 2.24) is 20.1 Å². The van der Waals surface area contributed by atoms with Crippen LogP contribution in [-0.4, -0.2) is 26.7 Å². The lowest BCUT2D eigenvalue weighted by Crippen LogP contribution is -2.40. The van der Waals surface area contributed by atoms with Gasteiger partial charge in [0.25, 0.3) is 0 Å². The third kappa shape index (κ3) is 2.69. The van der Waals surface area contributed by atoms with Crippen LogP contribution in [-0.2, 0) is 17.8 Å². The van der Waals surface area contributed by atoms with E-state index in [0.29, 0.717) is 0 Å². The molecule has 2 heterocycles. The zero-order chi connectivity index (χ0) is 13.1. The van der Waals surface area contributed by atoms with Gasteiger partial charge in [0.15, 0.2) is 5.82 Å². The zero-order valence-corrected chi connectivity index (χ0v) is 11.0. The maximum atomic E-state index is 11.6. The first-order valence-corrected chi connectivity index (χ1v) is 6.57. The summed E-state index contributed by atoms with van der Waals surface area (Å²) in [6.45, 7) is 4.53. The van der Waals surface area contributed by atoms with Crippen LogP contribution in [0.3, 0.4) is 0 Å². The number of amides is 1. The number of hydrogen-bond donors (Lipinski definition) is 2. The van der Waals surface area contributed by atoms with Crippen LogP contribution in [0.5, 0.6) is 0 Å². The monoisotopic (exact) mass is 251 g/mol. The van der Waals surface area contributed by atoms with Gasteiger partial charge in [0.2, 0.25) is 5.91 Å². The molecule has 1 aliphatic heterocycles. The Morgan fingerprint density at radius 1 is 1.33 bits per heavy atom. The van der Waals surface area contributed by atoms with E-state index in [4.69, 9.17) is 5.73 Å². The largest absolute Gasteiger partial charge is 0.345 e. The van der Waals surface area contributed by atoms with Crippen LogP contribution in [0.4, 0.5) is 0 Å². The number of nitrogens with two attached hydrogens (primary N) is 1. The second kappa shape index (κ2) is 5.48. The molecule has 2 atom stereocenters. The Morgan fingerprint density at radius 3 is 2.83 bits per heavy atom. The van der Waals surface area contributed by atoms with Crippen LogP contribution >= 0.6 is 0 Å². The number of aryl methyl sites for hydroxylation is 1. The lowest BCUT2D eigenvalue weighted by atomic mass is 10.2. The van der Waals surface area contributed by atoms with Crippen molar-refractivity contribution in [2.45, 2.75) is 58.2 Å². The van der Waals surface area contributed by atoms with Crippen molar-refractivity contribution in [2.75, 3.05) is 0 Å². The highest BCUT2D eigenvalue weighted by Crippen LogP contribution is 2.18. The minimum Gasteiger partial charge on any atom is -0.345 e. The third-order valence-corrected chi connectivity index (χ3v) is 3.30. The predicted molar refractivity (Wildman–Crippen MR) is 67.8 cm³/mol. The fourth-order valence-corrected chi connectivity index (χ4v) is 2.24. The number of carbonyl (C=O) groups is 1. The van der Waals surface area contributed by atoms with Gasteiger partial charge < -0.3 is 15.6 Å². The van der Waals surface area contributed by atoms with E-state index in [1.54, 1.807) is 6.92 Å². The first-order chi connectivity index (χ1) is 8.59. The Balaban J connectivity index is 2.13. The van der Waals surface area contributed by atoms with E-state index in [1.807, 2.05) is 6.92 Å². The van der Waals surface area contributed by atoms with Gasteiger partial charge >= 0.3 is 0 Å². The fraction of sp³-hybridized carbons (Fsp3) is 0.750. The van der Waals surface area contributed by atoms with Gasteiger partial charge in [-0.15, -0.1) is 10.2 Å². The number of nitrogens with one attached hydrogen (secondary N) is 1. The summed E-state index contributed by atoms with van der Waals surface area (Å²) in [7, 11) is 0. The molecule has 0 fully saturated rings. The topological polar surface area (TPSA) is 85.8 Å². The predicted octanol–water partition coefficient (Wildman–Crippen LogP) is 0.529. The Labute approximate surface area is 107 Å². The van der Waals surface area contributed by atoms with E-state index in [2.05, 4.69) is 20.1 Å². The first-order valence-electron chi connectivity index (χ1n) is 6.57. The highest BCUT2D eigenvalue weighted by atomic mass is 16.2. The molecule has 18 heavy (non-hydrogen) atoms.